The topological polar surface area (TPSA) is 15.7 Å². The molecular weight excluding hydrogens is 296 g/mol. The highest BCUT2D eigenvalue weighted by molar-refractivity contribution is 5.55. The van der Waals surface area contributed by atoms with E-state index in [0.717, 1.165) is 18.2 Å². The molecule has 24 heavy (non-hydrogen) atoms. The summed E-state index contributed by atoms with van der Waals surface area (Å²) in [5.41, 5.74) is 2.97. The van der Waals surface area contributed by atoms with E-state index in [0.29, 0.717) is 0 Å². The first-order valence-corrected chi connectivity index (χ1v) is 10.1. The zero-order chi connectivity index (χ0) is 16.0. The Kier molecular flexibility index (Phi) is 3.73. The molecule has 3 heteroatoms. The molecule has 4 aliphatic rings. The first-order chi connectivity index (χ1) is 11.8. The summed E-state index contributed by atoms with van der Waals surface area (Å²) in [5, 5.41) is 0. The van der Waals surface area contributed by atoms with Crippen molar-refractivity contribution in [3.05, 3.63) is 23.8 Å². The number of nitrogens with zero attached hydrogens (tertiary/aromatic N) is 2. The summed E-state index contributed by atoms with van der Waals surface area (Å²) in [6.45, 7) is 4.91. The van der Waals surface area contributed by atoms with Crippen LogP contribution in [0.1, 0.15) is 56.9 Å². The van der Waals surface area contributed by atoms with E-state index in [9.17, 15) is 0 Å². The fourth-order valence-corrected chi connectivity index (χ4v) is 5.10. The highest BCUT2D eigenvalue weighted by Gasteiger charge is 2.43. The molecule has 1 spiro atoms. The average Bonchev–Trinajstić information content (AvgIpc) is 2.93. The molecule has 1 aromatic rings. The zero-order valence-electron chi connectivity index (χ0n) is 14.8. The molecule has 0 radical (unpaired) electrons. The van der Waals surface area contributed by atoms with Crippen molar-refractivity contribution in [3.8, 4) is 5.75 Å². The normalized spacial score (nSPS) is 26.9. The van der Waals surface area contributed by atoms with Crippen LogP contribution in [0.25, 0.3) is 0 Å². The molecule has 0 aromatic heterocycles. The summed E-state index contributed by atoms with van der Waals surface area (Å²) in [5.74, 6) is 1.16. The van der Waals surface area contributed by atoms with Gasteiger partial charge < -0.3 is 14.5 Å². The van der Waals surface area contributed by atoms with Gasteiger partial charge in [-0.1, -0.05) is 6.42 Å². The van der Waals surface area contributed by atoms with E-state index in [2.05, 4.69) is 28.0 Å². The molecule has 3 nitrogen and oxygen atoms in total. The second-order valence-electron chi connectivity index (χ2n) is 8.42. The van der Waals surface area contributed by atoms with Crippen molar-refractivity contribution in [1.82, 2.24) is 4.90 Å². The van der Waals surface area contributed by atoms with Gasteiger partial charge in [0.25, 0.3) is 0 Å². The molecular formula is C21H30N2O. The SMILES string of the molecule is c1cc2c(cc1N1CCCCC1)CC1(CCN(C3CCC3)CC1)O2. The molecule has 3 aliphatic heterocycles. The highest BCUT2D eigenvalue weighted by atomic mass is 16.5. The Morgan fingerprint density at radius 1 is 0.917 bits per heavy atom. The Bertz CT molecular complexity index is 596. The highest BCUT2D eigenvalue weighted by Crippen LogP contribution is 2.43. The molecule has 1 aliphatic carbocycles. The predicted molar refractivity (Wildman–Crippen MR) is 98.0 cm³/mol. The number of likely N-dealkylation sites (tertiary alicyclic amines) is 1. The lowest BCUT2D eigenvalue weighted by molar-refractivity contribution is -0.00746. The van der Waals surface area contributed by atoms with Crippen LogP contribution in [0.5, 0.6) is 5.75 Å². The number of anilines is 1. The lowest BCUT2D eigenvalue weighted by Gasteiger charge is -2.45. The van der Waals surface area contributed by atoms with E-state index >= 15 is 0 Å². The first kappa shape index (κ1) is 15.1. The van der Waals surface area contributed by atoms with E-state index < -0.39 is 0 Å². The maximum atomic E-state index is 6.51. The van der Waals surface area contributed by atoms with Gasteiger partial charge in [-0.3, -0.25) is 0 Å². The maximum absolute atomic E-state index is 6.51. The Labute approximate surface area is 146 Å². The second-order valence-corrected chi connectivity index (χ2v) is 8.42. The fourth-order valence-electron chi connectivity index (χ4n) is 5.10. The predicted octanol–water partition coefficient (Wildman–Crippen LogP) is 4.00. The third-order valence-electron chi connectivity index (χ3n) is 6.90. The quantitative estimate of drug-likeness (QED) is 0.817. The number of fused-ring (bicyclic) bond motifs is 1. The standard InChI is InChI=1S/C21H30N2O/c1-2-11-22(12-3-1)19-7-8-20-17(15-19)16-21(24-20)9-13-23(14-10-21)18-5-4-6-18/h7-8,15,18H,1-6,9-14,16H2. The van der Waals surface area contributed by atoms with Crippen LogP contribution in [0.15, 0.2) is 18.2 Å². The van der Waals surface area contributed by atoms with Crippen LogP contribution in [0, 0.1) is 0 Å². The molecule has 0 unspecified atom stereocenters. The number of benzene rings is 1. The number of hydrogen-bond donors (Lipinski definition) is 0. The summed E-state index contributed by atoms with van der Waals surface area (Å²) in [7, 11) is 0. The van der Waals surface area contributed by atoms with Crippen LogP contribution < -0.4 is 9.64 Å². The van der Waals surface area contributed by atoms with Gasteiger partial charge in [0, 0.05) is 62.7 Å². The van der Waals surface area contributed by atoms with E-state index in [1.165, 1.54) is 88.8 Å². The number of ether oxygens (including phenoxy) is 1. The van der Waals surface area contributed by atoms with Gasteiger partial charge in [-0.15, -0.1) is 0 Å². The van der Waals surface area contributed by atoms with Crippen molar-refractivity contribution in [1.29, 1.82) is 0 Å². The van der Waals surface area contributed by atoms with Gasteiger partial charge >= 0.3 is 0 Å². The minimum atomic E-state index is 0.100. The van der Waals surface area contributed by atoms with E-state index in [1.807, 2.05) is 0 Å². The molecule has 2 saturated heterocycles. The Balaban J connectivity index is 1.28. The number of hydrogen-bond acceptors (Lipinski definition) is 3. The van der Waals surface area contributed by atoms with Crippen LogP contribution in [0.2, 0.25) is 0 Å². The third-order valence-corrected chi connectivity index (χ3v) is 6.90. The minimum Gasteiger partial charge on any atom is -0.487 e. The van der Waals surface area contributed by atoms with Crippen molar-refractivity contribution in [2.45, 2.75) is 69.4 Å². The lowest BCUT2D eigenvalue weighted by atomic mass is 9.83. The molecule has 3 fully saturated rings. The Morgan fingerprint density at radius 2 is 1.71 bits per heavy atom. The van der Waals surface area contributed by atoms with Gasteiger partial charge in [0.2, 0.25) is 0 Å². The van der Waals surface area contributed by atoms with Crippen LogP contribution in [0.3, 0.4) is 0 Å². The van der Waals surface area contributed by atoms with Crippen molar-refractivity contribution >= 4 is 5.69 Å². The summed E-state index contributed by atoms with van der Waals surface area (Å²) < 4.78 is 6.51. The van der Waals surface area contributed by atoms with Gasteiger partial charge in [0.15, 0.2) is 0 Å². The van der Waals surface area contributed by atoms with Gasteiger partial charge in [-0.2, -0.15) is 0 Å². The van der Waals surface area contributed by atoms with E-state index in [4.69, 9.17) is 4.74 Å². The zero-order valence-corrected chi connectivity index (χ0v) is 14.8. The monoisotopic (exact) mass is 326 g/mol. The largest absolute Gasteiger partial charge is 0.487 e. The van der Waals surface area contributed by atoms with Crippen molar-refractivity contribution in [2.24, 2.45) is 0 Å². The Hall–Kier alpha value is -1.22. The summed E-state index contributed by atoms with van der Waals surface area (Å²) in [4.78, 5) is 5.29. The first-order valence-electron chi connectivity index (χ1n) is 10.1. The van der Waals surface area contributed by atoms with E-state index in [1.54, 1.807) is 0 Å². The average molecular weight is 326 g/mol. The Morgan fingerprint density at radius 3 is 2.42 bits per heavy atom. The lowest BCUT2D eigenvalue weighted by Crippen LogP contribution is -2.52. The van der Waals surface area contributed by atoms with Crippen molar-refractivity contribution < 1.29 is 4.74 Å². The van der Waals surface area contributed by atoms with Crippen LogP contribution >= 0.6 is 0 Å². The molecule has 130 valence electrons. The van der Waals surface area contributed by atoms with Crippen LogP contribution in [-0.4, -0.2) is 42.7 Å². The van der Waals surface area contributed by atoms with Crippen LogP contribution in [-0.2, 0) is 6.42 Å². The number of rotatable bonds is 2. The number of piperidine rings is 2. The molecule has 0 amide bonds. The van der Waals surface area contributed by atoms with Crippen LogP contribution in [0.4, 0.5) is 5.69 Å². The minimum absolute atomic E-state index is 0.100. The molecule has 1 aromatic carbocycles. The molecule has 0 atom stereocenters. The van der Waals surface area contributed by atoms with Gasteiger partial charge in [-0.05, 0) is 50.3 Å². The van der Waals surface area contributed by atoms with Crippen molar-refractivity contribution in [2.75, 3.05) is 31.1 Å². The summed E-state index contributed by atoms with van der Waals surface area (Å²) in [6.07, 6.45) is 11.9. The smallest absolute Gasteiger partial charge is 0.123 e. The second kappa shape index (κ2) is 5.94. The third kappa shape index (κ3) is 2.61. The molecule has 5 rings (SSSR count). The summed E-state index contributed by atoms with van der Waals surface area (Å²) in [6, 6.07) is 7.84. The van der Waals surface area contributed by atoms with Gasteiger partial charge in [0.05, 0.1) is 0 Å². The maximum Gasteiger partial charge on any atom is 0.123 e. The molecule has 1 saturated carbocycles. The fraction of sp³-hybridized carbons (Fsp3) is 0.714. The molecule has 3 heterocycles. The van der Waals surface area contributed by atoms with E-state index in [-0.39, 0.29) is 5.60 Å². The van der Waals surface area contributed by atoms with Gasteiger partial charge in [0.1, 0.15) is 11.4 Å². The van der Waals surface area contributed by atoms with Crippen molar-refractivity contribution in [3.63, 3.8) is 0 Å². The molecule has 0 N–H and O–H groups in total. The summed E-state index contributed by atoms with van der Waals surface area (Å²) >= 11 is 0. The van der Waals surface area contributed by atoms with Gasteiger partial charge in [-0.25, -0.2) is 0 Å². The molecule has 0 bridgehead atoms.